The van der Waals surface area contributed by atoms with Gasteiger partial charge in [-0.2, -0.15) is 0 Å². The van der Waals surface area contributed by atoms with Gasteiger partial charge in [0.1, 0.15) is 5.75 Å². The molecule has 2 N–H and O–H groups in total. The van der Waals surface area contributed by atoms with E-state index in [1.54, 1.807) is 0 Å². The third-order valence-corrected chi connectivity index (χ3v) is 6.23. The zero-order chi connectivity index (χ0) is 20.1. The molecule has 6 heteroatoms. The highest BCUT2D eigenvalue weighted by atomic mass is 35.5. The smallest absolute Gasteiger partial charge is 0.317 e. The molecule has 2 aliphatic rings. The molecular formula is C22H27ClO5. The largest absolute Gasteiger partial charge is 0.481 e. The van der Waals surface area contributed by atoms with Crippen molar-refractivity contribution in [3.63, 3.8) is 0 Å². The van der Waals surface area contributed by atoms with E-state index in [-0.39, 0.29) is 17.7 Å². The Hall–Kier alpha value is -1.85. The van der Waals surface area contributed by atoms with Gasteiger partial charge in [0.05, 0.1) is 12.0 Å². The molecule has 1 saturated carbocycles. The van der Waals surface area contributed by atoms with Gasteiger partial charge in [-0.1, -0.05) is 24.3 Å². The Morgan fingerprint density at radius 3 is 2.86 bits per heavy atom. The van der Waals surface area contributed by atoms with Crippen molar-refractivity contribution in [2.75, 3.05) is 0 Å². The van der Waals surface area contributed by atoms with Crippen molar-refractivity contribution < 1.29 is 24.5 Å². The molecule has 28 heavy (non-hydrogen) atoms. The van der Waals surface area contributed by atoms with Crippen molar-refractivity contribution in [3.05, 3.63) is 41.5 Å². The van der Waals surface area contributed by atoms with Gasteiger partial charge in [-0.05, 0) is 68.1 Å². The number of carboxylic acid groups (broad SMARTS) is 1. The molecule has 0 saturated heterocycles. The van der Waals surface area contributed by atoms with Crippen LogP contribution in [0.25, 0.3) is 0 Å². The Morgan fingerprint density at radius 1 is 1.25 bits per heavy atom. The highest BCUT2D eigenvalue weighted by molar-refractivity contribution is 6.21. The van der Waals surface area contributed by atoms with Gasteiger partial charge in [-0.3, -0.25) is 9.59 Å². The van der Waals surface area contributed by atoms with Crippen LogP contribution in [0.15, 0.2) is 30.4 Å². The lowest BCUT2D eigenvalue weighted by molar-refractivity contribution is -0.143. The number of alkyl halides is 1. The maximum atomic E-state index is 12.9. The molecule has 0 spiro atoms. The first-order chi connectivity index (χ1) is 13.5. The van der Waals surface area contributed by atoms with Crippen LogP contribution in [-0.4, -0.2) is 33.6 Å². The molecule has 2 aliphatic carbocycles. The second kappa shape index (κ2) is 9.57. The zero-order valence-corrected chi connectivity index (χ0v) is 16.6. The highest BCUT2D eigenvalue weighted by Crippen LogP contribution is 2.40. The van der Waals surface area contributed by atoms with E-state index in [1.807, 2.05) is 24.3 Å². The standard InChI is InChI=1S/C22H27ClO5/c23-17-13-18(24)21(16(17)9-3-1-2-4-12-20(25)26)22(27)28-19-11-6-8-14-7-5-10-15(14)19/h1,3,6,8,11,16-18,21,24H,2,4-5,7,9-10,12-13H2,(H,25,26)/t16-,17+,18+,21-/m0/s1. The van der Waals surface area contributed by atoms with Crippen molar-refractivity contribution >= 4 is 23.5 Å². The van der Waals surface area contributed by atoms with E-state index in [0.29, 0.717) is 31.4 Å². The molecule has 0 bridgehead atoms. The Labute approximate surface area is 170 Å². The molecule has 1 aromatic rings. The number of fused-ring (bicyclic) bond motifs is 1. The van der Waals surface area contributed by atoms with Crippen molar-refractivity contribution in [3.8, 4) is 5.75 Å². The van der Waals surface area contributed by atoms with Gasteiger partial charge in [-0.15, -0.1) is 11.6 Å². The number of aryl methyl sites for hydroxylation is 1. The zero-order valence-electron chi connectivity index (χ0n) is 15.9. The first-order valence-electron chi connectivity index (χ1n) is 9.98. The maximum absolute atomic E-state index is 12.9. The summed E-state index contributed by atoms with van der Waals surface area (Å²) in [5.74, 6) is -1.46. The Kier molecular flexibility index (Phi) is 7.13. The van der Waals surface area contributed by atoms with E-state index < -0.39 is 24.0 Å². The van der Waals surface area contributed by atoms with E-state index in [1.165, 1.54) is 5.56 Å². The average Bonchev–Trinajstić information content (AvgIpc) is 3.22. The summed E-state index contributed by atoms with van der Waals surface area (Å²) < 4.78 is 5.71. The highest BCUT2D eigenvalue weighted by Gasteiger charge is 2.46. The number of carbonyl (C=O) groups excluding carboxylic acids is 1. The number of aliphatic carboxylic acids is 1. The molecule has 0 amide bonds. The summed E-state index contributed by atoms with van der Waals surface area (Å²) in [5, 5.41) is 18.8. The summed E-state index contributed by atoms with van der Waals surface area (Å²) in [5.41, 5.74) is 2.33. The molecule has 152 valence electrons. The molecule has 1 aromatic carbocycles. The molecular weight excluding hydrogens is 380 g/mol. The monoisotopic (exact) mass is 406 g/mol. The number of aliphatic hydroxyl groups excluding tert-OH is 1. The third-order valence-electron chi connectivity index (χ3n) is 5.73. The molecule has 0 unspecified atom stereocenters. The van der Waals surface area contributed by atoms with Crippen molar-refractivity contribution in [1.82, 2.24) is 0 Å². The summed E-state index contributed by atoms with van der Waals surface area (Å²) in [4.78, 5) is 23.4. The van der Waals surface area contributed by atoms with Crippen LogP contribution in [-0.2, 0) is 22.4 Å². The summed E-state index contributed by atoms with van der Waals surface area (Å²) >= 11 is 6.41. The fraction of sp³-hybridized carbons (Fsp3) is 0.545. The van der Waals surface area contributed by atoms with Gasteiger partial charge in [0.15, 0.2) is 0 Å². The SMILES string of the molecule is O=C(O)CCCC=CC[C@@H]1[C@H](C(=O)Oc2cccc3c2CCC3)[C@H](O)C[C@H]1Cl. The number of aliphatic hydroxyl groups is 1. The van der Waals surface area contributed by atoms with Crippen LogP contribution in [0.3, 0.4) is 0 Å². The van der Waals surface area contributed by atoms with Crippen molar-refractivity contribution in [2.24, 2.45) is 11.8 Å². The summed E-state index contributed by atoms with van der Waals surface area (Å²) in [7, 11) is 0. The Bertz CT molecular complexity index is 744. The van der Waals surface area contributed by atoms with Crippen LogP contribution >= 0.6 is 11.6 Å². The minimum Gasteiger partial charge on any atom is -0.481 e. The summed E-state index contributed by atoms with van der Waals surface area (Å²) in [6, 6.07) is 5.79. The molecule has 0 aromatic heterocycles. The number of ether oxygens (including phenoxy) is 1. The average molecular weight is 407 g/mol. The number of esters is 1. The van der Waals surface area contributed by atoms with E-state index in [2.05, 4.69) is 6.07 Å². The first kappa shape index (κ1) is 20.9. The number of carbonyl (C=O) groups is 2. The lowest BCUT2D eigenvalue weighted by atomic mass is 9.91. The second-order valence-electron chi connectivity index (χ2n) is 7.67. The number of allylic oxidation sites excluding steroid dienone is 2. The number of unbranched alkanes of at least 4 members (excludes halogenated alkanes) is 1. The van der Waals surface area contributed by atoms with Gasteiger partial charge < -0.3 is 14.9 Å². The number of carboxylic acids is 1. The minimum absolute atomic E-state index is 0.140. The molecule has 1 fully saturated rings. The van der Waals surface area contributed by atoms with Crippen LogP contribution in [0.1, 0.15) is 49.7 Å². The first-order valence-corrected chi connectivity index (χ1v) is 10.4. The van der Waals surface area contributed by atoms with Gasteiger partial charge in [0.25, 0.3) is 0 Å². The van der Waals surface area contributed by atoms with Crippen molar-refractivity contribution in [1.29, 1.82) is 0 Å². The van der Waals surface area contributed by atoms with Gasteiger partial charge in [0, 0.05) is 11.8 Å². The van der Waals surface area contributed by atoms with Crippen molar-refractivity contribution in [2.45, 2.75) is 62.8 Å². The van der Waals surface area contributed by atoms with Gasteiger partial charge >= 0.3 is 11.9 Å². The molecule has 0 aliphatic heterocycles. The molecule has 5 nitrogen and oxygen atoms in total. The van der Waals surface area contributed by atoms with E-state index in [0.717, 1.165) is 24.8 Å². The second-order valence-corrected chi connectivity index (χ2v) is 8.23. The topological polar surface area (TPSA) is 83.8 Å². The van der Waals surface area contributed by atoms with E-state index in [4.69, 9.17) is 21.4 Å². The molecule has 3 rings (SSSR count). The number of benzene rings is 1. The predicted octanol–water partition coefficient (Wildman–Crippen LogP) is 3.89. The number of hydrogen-bond acceptors (Lipinski definition) is 4. The van der Waals surface area contributed by atoms with Crippen LogP contribution in [0.4, 0.5) is 0 Å². The number of hydrogen-bond donors (Lipinski definition) is 2. The fourth-order valence-corrected chi connectivity index (χ4v) is 4.73. The van der Waals surface area contributed by atoms with Crippen LogP contribution in [0.2, 0.25) is 0 Å². The van der Waals surface area contributed by atoms with Gasteiger partial charge in [0.2, 0.25) is 0 Å². The predicted molar refractivity (Wildman–Crippen MR) is 107 cm³/mol. The van der Waals surface area contributed by atoms with Gasteiger partial charge in [-0.25, -0.2) is 0 Å². The molecule has 0 heterocycles. The van der Waals surface area contributed by atoms with Crippen LogP contribution < -0.4 is 4.74 Å². The summed E-state index contributed by atoms with van der Waals surface area (Å²) in [6.07, 6.45) is 8.33. The quantitative estimate of drug-likeness (QED) is 0.225. The number of halogens is 1. The van der Waals surface area contributed by atoms with E-state index >= 15 is 0 Å². The Balaban J connectivity index is 1.61. The van der Waals surface area contributed by atoms with E-state index in [9.17, 15) is 14.7 Å². The molecule has 0 radical (unpaired) electrons. The van der Waals surface area contributed by atoms with Crippen LogP contribution in [0.5, 0.6) is 5.75 Å². The minimum atomic E-state index is -0.808. The normalized spacial score (nSPS) is 26.5. The summed E-state index contributed by atoms with van der Waals surface area (Å²) in [6.45, 7) is 0. The molecule has 4 atom stereocenters. The number of rotatable bonds is 8. The Morgan fingerprint density at radius 2 is 2.07 bits per heavy atom. The third kappa shape index (κ3) is 4.95. The maximum Gasteiger partial charge on any atom is 0.317 e. The lowest BCUT2D eigenvalue weighted by Gasteiger charge is -2.21. The van der Waals surface area contributed by atoms with Crippen LogP contribution in [0, 0.1) is 11.8 Å². The fourth-order valence-electron chi connectivity index (χ4n) is 4.29. The lowest BCUT2D eigenvalue weighted by Crippen LogP contribution is -2.32.